The van der Waals surface area contributed by atoms with Gasteiger partial charge in [0.25, 0.3) is 0 Å². The molecule has 0 aliphatic heterocycles. The topological polar surface area (TPSA) is 64.3 Å². The van der Waals surface area contributed by atoms with Gasteiger partial charge in [0.15, 0.2) is 0 Å². The first-order chi connectivity index (χ1) is 7.18. The highest BCUT2D eigenvalue weighted by Crippen LogP contribution is 2.40. The van der Waals surface area contributed by atoms with Crippen molar-refractivity contribution in [3.05, 3.63) is 0 Å². The number of halogens is 1. The number of hydrogen-bond acceptors (Lipinski definition) is 4. The monoisotopic (exact) mass is 250 g/mol. The number of rotatable bonds is 4. The largest absolute Gasteiger partial charge is 0.466 e. The maximum absolute atomic E-state index is 11.9. The average molecular weight is 251 g/mol. The molecule has 0 atom stereocenters. The van der Waals surface area contributed by atoms with Crippen LogP contribution in [0.3, 0.4) is 0 Å². The zero-order valence-electron chi connectivity index (χ0n) is 10.1. The summed E-state index contributed by atoms with van der Waals surface area (Å²) in [6.07, 6.45) is 4.56. The van der Waals surface area contributed by atoms with Crippen LogP contribution in [0.15, 0.2) is 0 Å². The smallest absolute Gasteiger partial charge is 0.312 e. The van der Waals surface area contributed by atoms with E-state index in [1.54, 1.807) is 0 Å². The van der Waals surface area contributed by atoms with E-state index in [0.29, 0.717) is 12.6 Å². The van der Waals surface area contributed by atoms with Crippen molar-refractivity contribution in [2.45, 2.75) is 52.0 Å². The predicted octanol–water partition coefficient (Wildman–Crippen LogP) is 1.77. The normalized spacial score (nSPS) is 29.3. The van der Waals surface area contributed by atoms with Crippen LogP contribution in [-0.4, -0.2) is 18.6 Å². The standard InChI is InChI=1S/C11H22N2O2.ClH/c1-3-11(10(14)15-4-2)7-5-9(13-12)6-8-11;/h9,13H,3-8,12H2,1-2H3;1H/t9-,11-;. The number of esters is 1. The lowest BCUT2D eigenvalue weighted by molar-refractivity contribution is -0.158. The van der Waals surface area contributed by atoms with Crippen molar-refractivity contribution in [1.82, 2.24) is 5.43 Å². The van der Waals surface area contributed by atoms with Crippen LogP contribution in [0.25, 0.3) is 0 Å². The second-order valence-electron chi connectivity index (χ2n) is 4.30. The summed E-state index contributed by atoms with van der Waals surface area (Å²) in [6.45, 7) is 4.39. The van der Waals surface area contributed by atoms with Crippen molar-refractivity contribution in [3.8, 4) is 0 Å². The molecule has 4 nitrogen and oxygen atoms in total. The summed E-state index contributed by atoms with van der Waals surface area (Å²) >= 11 is 0. The number of nitrogens with two attached hydrogens (primary N) is 1. The molecule has 1 aliphatic rings. The summed E-state index contributed by atoms with van der Waals surface area (Å²) in [6, 6.07) is 0.360. The molecule has 0 aromatic heterocycles. The van der Waals surface area contributed by atoms with Gasteiger partial charge in [-0.15, -0.1) is 12.4 Å². The lowest BCUT2D eigenvalue weighted by Gasteiger charge is -2.37. The highest BCUT2D eigenvalue weighted by atomic mass is 35.5. The SMILES string of the molecule is CCOC(=O)[C@]1(CC)CC[C@@H](NN)CC1.Cl. The van der Waals surface area contributed by atoms with E-state index in [0.717, 1.165) is 32.1 Å². The first-order valence-corrected chi connectivity index (χ1v) is 5.82. The molecule has 5 heteroatoms. The lowest BCUT2D eigenvalue weighted by atomic mass is 9.71. The number of nitrogens with one attached hydrogen (secondary N) is 1. The quantitative estimate of drug-likeness (QED) is 0.454. The Bertz CT molecular complexity index is 216. The van der Waals surface area contributed by atoms with Gasteiger partial charge in [-0.25, -0.2) is 0 Å². The van der Waals surface area contributed by atoms with Crippen molar-refractivity contribution in [2.24, 2.45) is 11.3 Å². The number of hydrogen-bond donors (Lipinski definition) is 2. The molecule has 0 amide bonds. The Morgan fingerprint density at radius 1 is 1.44 bits per heavy atom. The lowest BCUT2D eigenvalue weighted by Crippen LogP contribution is -2.44. The molecule has 0 heterocycles. The molecule has 0 saturated heterocycles. The maximum atomic E-state index is 11.9. The number of ether oxygens (including phenoxy) is 1. The summed E-state index contributed by atoms with van der Waals surface area (Å²) in [5.74, 6) is 5.38. The van der Waals surface area contributed by atoms with Crippen LogP contribution >= 0.6 is 12.4 Å². The van der Waals surface area contributed by atoms with Gasteiger partial charge in [0.05, 0.1) is 12.0 Å². The molecular formula is C11H23ClN2O2. The van der Waals surface area contributed by atoms with E-state index in [1.807, 2.05) is 6.92 Å². The van der Waals surface area contributed by atoms with Crippen LogP contribution in [0, 0.1) is 5.41 Å². The molecule has 3 N–H and O–H groups in total. The minimum atomic E-state index is -0.247. The summed E-state index contributed by atoms with van der Waals surface area (Å²) in [4.78, 5) is 11.9. The summed E-state index contributed by atoms with van der Waals surface area (Å²) in [5.41, 5.74) is 2.54. The molecule has 1 fully saturated rings. The van der Waals surface area contributed by atoms with Crippen LogP contribution in [0.4, 0.5) is 0 Å². The van der Waals surface area contributed by atoms with Crippen molar-refractivity contribution in [3.63, 3.8) is 0 Å². The molecule has 1 saturated carbocycles. The van der Waals surface area contributed by atoms with Crippen LogP contribution in [-0.2, 0) is 9.53 Å². The minimum absolute atomic E-state index is 0. The fraction of sp³-hybridized carbons (Fsp3) is 0.909. The van der Waals surface area contributed by atoms with Crippen molar-refractivity contribution >= 4 is 18.4 Å². The highest BCUT2D eigenvalue weighted by Gasteiger charge is 2.41. The second kappa shape index (κ2) is 7.09. The van der Waals surface area contributed by atoms with Gasteiger partial charge in [-0.2, -0.15) is 0 Å². The van der Waals surface area contributed by atoms with E-state index in [1.165, 1.54) is 0 Å². The van der Waals surface area contributed by atoms with Crippen LogP contribution < -0.4 is 11.3 Å². The number of carbonyl (C=O) groups excluding carboxylic acids is 1. The number of carbonyl (C=O) groups is 1. The van der Waals surface area contributed by atoms with Gasteiger partial charge in [-0.05, 0) is 39.0 Å². The Morgan fingerprint density at radius 2 is 2.00 bits per heavy atom. The summed E-state index contributed by atoms with van der Waals surface area (Å²) < 4.78 is 5.15. The molecular weight excluding hydrogens is 228 g/mol. The van der Waals surface area contributed by atoms with Gasteiger partial charge in [-0.3, -0.25) is 16.1 Å². The Balaban J connectivity index is 0.00000225. The third-order valence-electron chi connectivity index (χ3n) is 3.56. The zero-order chi connectivity index (χ0) is 11.3. The van der Waals surface area contributed by atoms with Crippen LogP contribution in [0.5, 0.6) is 0 Å². The fourth-order valence-electron chi connectivity index (χ4n) is 2.32. The molecule has 0 radical (unpaired) electrons. The molecule has 1 rings (SSSR count). The second-order valence-corrected chi connectivity index (χ2v) is 4.30. The van der Waals surface area contributed by atoms with Crippen molar-refractivity contribution < 1.29 is 9.53 Å². The fourth-order valence-corrected chi connectivity index (χ4v) is 2.32. The van der Waals surface area contributed by atoms with Crippen molar-refractivity contribution in [2.75, 3.05) is 6.61 Å². The van der Waals surface area contributed by atoms with E-state index in [2.05, 4.69) is 12.3 Å². The van der Waals surface area contributed by atoms with Crippen LogP contribution in [0.2, 0.25) is 0 Å². The Morgan fingerprint density at radius 3 is 2.38 bits per heavy atom. The molecule has 0 spiro atoms. The summed E-state index contributed by atoms with van der Waals surface area (Å²) in [5, 5.41) is 0. The van der Waals surface area contributed by atoms with Crippen molar-refractivity contribution in [1.29, 1.82) is 0 Å². The molecule has 1 aliphatic carbocycles. The summed E-state index contributed by atoms with van der Waals surface area (Å²) in [7, 11) is 0. The Hall–Kier alpha value is -0.320. The van der Waals surface area contributed by atoms with Crippen LogP contribution in [0.1, 0.15) is 46.0 Å². The predicted molar refractivity (Wildman–Crippen MR) is 66.2 cm³/mol. The Labute approximate surface area is 104 Å². The third kappa shape index (κ3) is 3.34. The van der Waals surface area contributed by atoms with Gasteiger partial charge < -0.3 is 4.74 Å². The number of hydrazine groups is 1. The van der Waals surface area contributed by atoms with Gasteiger partial charge in [0, 0.05) is 6.04 Å². The van der Waals surface area contributed by atoms with Gasteiger partial charge in [0.1, 0.15) is 0 Å². The maximum Gasteiger partial charge on any atom is 0.312 e. The first kappa shape index (κ1) is 15.7. The van der Waals surface area contributed by atoms with Gasteiger partial charge >= 0.3 is 5.97 Å². The van der Waals surface area contributed by atoms with E-state index in [-0.39, 0.29) is 23.8 Å². The first-order valence-electron chi connectivity index (χ1n) is 5.82. The molecule has 0 unspecified atom stereocenters. The van der Waals surface area contributed by atoms with E-state index in [4.69, 9.17) is 10.6 Å². The molecule has 16 heavy (non-hydrogen) atoms. The Kier molecular flexibility index (Phi) is 6.95. The van der Waals surface area contributed by atoms with E-state index < -0.39 is 0 Å². The minimum Gasteiger partial charge on any atom is -0.466 e. The third-order valence-corrected chi connectivity index (χ3v) is 3.56. The zero-order valence-corrected chi connectivity index (χ0v) is 10.9. The van der Waals surface area contributed by atoms with E-state index >= 15 is 0 Å². The molecule has 96 valence electrons. The average Bonchev–Trinajstić information content (AvgIpc) is 2.29. The highest BCUT2D eigenvalue weighted by molar-refractivity contribution is 5.85. The van der Waals surface area contributed by atoms with Gasteiger partial charge in [0.2, 0.25) is 0 Å². The molecule has 0 aromatic carbocycles. The van der Waals surface area contributed by atoms with Gasteiger partial charge in [-0.1, -0.05) is 6.92 Å². The molecule has 0 aromatic rings. The van der Waals surface area contributed by atoms with E-state index in [9.17, 15) is 4.79 Å². The molecule has 0 bridgehead atoms.